The van der Waals surface area contributed by atoms with E-state index in [1.54, 1.807) is 0 Å². The van der Waals surface area contributed by atoms with Gasteiger partial charge in [0.1, 0.15) is 0 Å². The number of para-hydroxylation sites is 1. The predicted molar refractivity (Wildman–Crippen MR) is 110 cm³/mol. The van der Waals surface area contributed by atoms with Gasteiger partial charge in [-0.2, -0.15) is 0 Å². The molecule has 0 spiro atoms. The van der Waals surface area contributed by atoms with Crippen molar-refractivity contribution < 1.29 is 9.90 Å². The molecule has 4 heteroatoms. The van der Waals surface area contributed by atoms with Gasteiger partial charge in [-0.05, 0) is 25.3 Å². The van der Waals surface area contributed by atoms with E-state index >= 15 is 0 Å². The van der Waals surface area contributed by atoms with Gasteiger partial charge in [-0.15, -0.1) is 0 Å². The summed E-state index contributed by atoms with van der Waals surface area (Å²) in [6, 6.07) is 15.7. The lowest BCUT2D eigenvalue weighted by Gasteiger charge is -2.28. The molecule has 1 aliphatic heterocycles. The molecule has 2 aromatic carbocycles. The molecule has 1 N–H and O–H groups in total. The van der Waals surface area contributed by atoms with Crippen LogP contribution in [0.1, 0.15) is 41.6 Å². The number of aromatic carboxylic acids is 1. The van der Waals surface area contributed by atoms with Crippen LogP contribution in [-0.4, -0.2) is 29.1 Å². The third-order valence-electron chi connectivity index (χ3n) is 5.38. The highest BCUT2D eigenvalue weighted by atomic mass is 16.4. The SMILES string of the molecule is Cc1cccc2c(C(=O)O)c(N3CCCCCC3)c(-c3ccccc3)nc12. The van der Waals surface area contributed by atoms with Crippen LogP contribution in [-0.2, 0) is 0 Å². The molecule has 2 heterocycles. The molecule has 27 heavy (non-hydrogen) atoms. The maximum Gasteiger partial charge on any atom is 0.338 e. The first-order valence-electron chi connectivity index (χ1n) is 9.64. The second-order valence-electron chi connectivity index (χ2n) is 7.23. The Labute approximate surface area is 159 Å². The fourth-order valence-electron chi connectivity index (χ4n) is 4.04. The summed E-state index contributed by atoms with van der Waals surface area (Å²) < 4.78 is 0. The number of carboxylic acid groups (broad SMARTS) is 1. The Hall–Kier alpha value is -2.88. The highest BCUT2D eigenvalue weighted by molar-refractivity contribution is 6.11. The van der Waals surface area contributed by atoms with Crippen LogP contribution < -0.4 is 4.90 Å². The molecular formula is C23H24N2O2. The average molecular weight is 360 g/mol. The Morgan fingerprint density at radius 3 is 2.33 bits per heavy atom. The molecule has 0 bridgehead atoms. The molecule has 0 amide bonds. The molecule has 0 radical (unpaired) electrons. The zero-order valence-corrected chi connectivity index (χ0v) is 15.6. The maximum atomic E-state index is 12.4. The van der Waals surface area contributed by atoms with Gasteiger partial charge in [0.25, 0.3) is 0 Å². The summed E-state index contributed by atoms with van der Waals surface area (Å²) in [6.45, 7) is 3.74. The number of fused-ring (bicyclic) bond motifs is 1. The zero-order valence-electron chi connectivity index (χ0n) is 15.6. The van der Waals surface area contributed by atoms with E-state index in [1.807, 2.05) is 55.5 Å². The summed E-state index contributed by atoms with van der Waals surface area (Å²) in [7, 11) is 0. The Balaban J connectivity index is 2.07. The molecule has 1 saturated heterocycles. The van der Waals surface area contributed by atoms with Gasteiger partial charge in [-0.25, -0.2) is 9.78 Å². The minimum absolute atomic E-state index is 0.379. The van der Waals surface area contributed by atoms with Gasteiger partial charge in [0.2, 0.25) is 0 Å². The monoisotopic (exact) mass is 360 g/mol. The van der Waals surface area contributed by atoms with E-state index in [0.717, 1.165) is 59.3 Å². The highest BCUT2D eigenvalue weighted by Gasteiger charge is 2.26. The van der Waals surface area contributed by atoms with Crippen molar-refractivity contribution in [2.45, 2.75) is 32.6 Å². The Morgan fingerprint density at radius 1 is 0.963 bits per heavy atom. The summed E-state index contributed by atoms with van der Waals surface area (Å²) in [4.78, 5) is 19.6. The number of rotatable bonds is 3. The van der Waals surface area contributed by atoms with Crippen molar-refractivity contribution in [3.8, 4) is 11.3 Å². The summed E-state index contributed by atoms with van der Waals surface area (Å²) in [5.74, 6) is -0.885. The summed E-state index contributed by atoms with van der Waals surface area (Å²) >= 11 is 0. The summed E-state index contributed by atoms with van der Waals surface area (Å²) in [6.07, 6.45) is 4.55. The van der Waals surface area contributed by atoms with Gasteiger partial charge in [0.15, 0.2) is 0 Å². The van der Waals surface area contributed by atoms with E-state index in [2.05, 4.69) is 4.90 Å². The van der Waals surface area contributed by atoms with E-state index < -0.39 is 5.97 Å². The summed E-state index contributed by atoms with van der Waals surface area (Å²) in [5.41, 5.74) is 4.65. The van der Waals surface area contributed by atoms with Crippen molar-refractivity contribution in [3.05, 3.63) is 59.7 Å². The lowest BCUT2D eigenvalue weighted by atomic mass is 9.98. The first-order chi connectivity index (χ1) is 13.2. The topological polar surface area (TPSA) is 53.4 Å². The Bertz CT molecular complexity index is 975. The van der Waals surface area contributed by atoms with Gasteiger partial charge in [-0.3, -0.25) is 0 Å². The second-order valence-corrected chi connectivity index (χ2v) is 7.23. The van der Waals surface area contributed by atoms with E-state index in [9.17, 15) is 9.90 Å². The minimum Gasteiger partial charge on any atom is -0.478 e. The van der Waals surface area contributed by atoms with Crippen LogP contribution in [0.5, 0.6) is 0 Å². The lowest BCUT2D eigenvalue weighted by molar-refractivity contribution is 0.0699. The molecule has 0 aliphatic carbocycles. The highest BCUT2D eigenvalue weighted by Crippen LogP contribution is 2.38. The van der Waals surface area contributed by atoms with Gasteiger partial charge in [0.05, 0.1) is 22.5 Å². The largest absolute Gasteiger partial charge is 0.478 e. The van der Waals surface area contributed by atoms with E-state index in [-0.39, 0.29) is 0 Å². The van der Waals surface area contributed by atoms with Gasteiger partial charge in [-0.1, -0.05) is 61.4 Å². The van der Waals surface area contributed by atoms with E-state index in [0.29, 0.717) is 5.56 Å². The molecule has 0 unspecified atom stereocenters. The van der Waals surface area contributed by atoms with Crippen LogP contribution in [0.15, 0.2) is 48.5 Å². The predicted octanol–water partition coefficient (Wildman–Crippen LogP) is 5.29. The molecule has 1 aromatic heterocycles. The van der Waals surface area contributed by atoms with Crippen molar-refractivity contribution in [1.82, 2.24) is 4.98 Å². The van der Waals surface area contributed by atoms with Crippen molar-refractivity contribution in [2.75, 3.05) is 18.0 Å². The fourth-order valence-corrected chi connectivity index (χ4v) is 4.04. The zero-order chi connectivity index (χ0) is 18.8. The molecule has 1 fully saturated rings. The van der Waals surface area contributed by atoms with Crippen LogP contribution >= 0.6 is 0 Å². The standard InChI is InChI=1S/C23H24N2O2/c1-16-10-9-13-18-19(23(26)27)22(25-14-7-2-3-8-15-25)21(24-20(16)18)17-11-5-4-6-12-17/h4-6,9-13H,2-3,7-8,14-15H2,1H3,(H,26,27). The normalized spacial score (nSPS) is 14.9. The fraction of sp³-hybridized carbons (Fsp3) is 0.304. The van der Waals surface area contributed by atoms with Crippen LogP contribution in [0.4, 0.5) is 5.69 Å². The van der Waals surface area contributed by atoms with Gasteiger partial charge >= 0.3 is 5.97 Å². The average Bonchev–Trinajstić information content (AvgIpc) is 2.97. The number of aryl methyl sites for hydroxylation is 1. The van der Waals surface area contributed by atoms with Crippen molar-refractivity contribution in [1.29, 1.82) is 0 Å². The van der Waals surface area contributed by atoms with Crippen molar-refractivity contribution in [3.63, 3.8) is 0 Å². The van der Waals surface area contributed by atoms with E-state index in [4.69, 9.17) is 4.98 Å². The van der Waals surface area contributed by atoms with Crippen LogP contribution in [0.2, 0.25) is 0 Å². The maximum absolute atomic E-state index is 12.4. The first kappa shape index (κ1) is 17.5. The number of carbonyl (C=O) groups is 1. The molecule has 4 rings (SSSR count). The molecule has 0 saturated carbocycles. The quantitative estimate of drug-likeness (QED) is 0.689. The second kappa shape index (κ2) is 7.39. The third-order valence-corrected chi connectivity index (χ3v) is 5.38. The van der Waals surface area contributed by atoms with Crippen molar-refractivity contribution in [2.24, 2.45) is 0 Å². The summed E-state index contributed by atoms with van der Waals surface area (Å²) in [5, 5.41) is 10.9. The third kappa shape index (κ3) is 3.27. The lowest BCUT2D eigenvalue weighted by Crippen LogP contribution is -2.27. The molecule has 1 aliphatic rings. The first-order valence-corrected chi connectivity index (χ1v) is 9.64. The van der Waals surface area contributed by atoms with Crippen molar-refractivity contribution >= 4 is 22.6 Å². The number of anilines is 1. The van der Waals surface area contributed by atoms with Gasteiger partial charge in [0, 0.05) is 24.0 Å². The Morgan fingerprint density at radius 2 is 1.67 bits per heavy atom. The van der Waals surface area contributed by atoms with Crippen LogP contribution in [0, 0.1) is 6.92 Å². The number of benzene rings is 2. The number of nitrogens with zero attached hydrogens (tertiary/aromatic N) is 2. The number of carboxylic acids is 1. The number of hydrogen-bond acceptors (Lipinski definition) is 3. The Kier molecular flexibility index (Phi) is 4.80. The number of hydrogen-bond donors (Lipinski definition) is 1. The molecule has 4 nitrogen and oxygen atoms in total. The number of pyridine rings is 1. The van der Waals surface area contributed by atoms with Gasteiger partial charge < -0.3 is 10.0 Å². The van der Waals surface area contributed by atoms with E-state index in [1.165, 1.54) is 12.8 Å². The molecule has 0 atom stereocenters. The molecular weight excluding hydrogens is 336 g/mol. The molecule has 3 aromatic rings. The molecule has 138 valence electrons. The number of aromatic nitrogens is 1. The van der Waals surface area contributed by atoms with Crippen LogP contribution in [0.3, 0.4) is 0 Å². The minimum atomic E-state index is -0.885. The smallest absolute Gasteiger partial charge is 0.338 e. The van der Waals surface area contributed by atoms with Crippen LogP contribution in [0.25, 0.3) is 22.2 Å².